The summed E-state index contributed by atoms with van der Waals surface area (Å²) in [5.41, 5.74) is 0. The van der Waals surface area contributed by atoms with Crippen LogP contribution in [0.4, 0.5) is 4.79 Å². The van der Waals surface area contributed by atoms with Crippen LogP contribution < -0.4 is 9.47 Å². The van der Waals surface area contributed by atoms with Gasteiger partial charge in [-0.3, -0.25) is 14.4 Å². The third-order valence-corrected chi connectivity index (χ3v) is 4.79. The lowest BCUT2D eigenvalue weighted by Gasteiger charge is -2.30. The van der Waals surface area contributed by atoms with E-state index in [1.54, 1.807) is 24.3 Å². The fourth-order valence-electron chi connectivity index (χ4n) is 3.20. The number of amides is 5. The number of rotatable bonds is 6. The Balaban J connectivity index is 1.35. The van der Waals surface area contributed by atoms with E-state index in [1.807, 2.05) is 12.1 Å². The molecule has 0 saturated carbocycles. The van der Waals surface area contributed by atoms with E-state index in [0.717, 1.165) is 4.90 Å². The summed E-state index contributed by atoms with van der Waals surface area (Å²) in [6, 6.07) is 9.54. The van der Waals surface area contributed by atoms with E-state index in [2.05, 4.69) is 0 Å². The molecule has 10 nitrogen and oxygen atoms in total. The van der Waals surface area contributed by atoms with Gasteiger partial charge in [-0.1, -0.05) is 12.1 Å². The average molecular weight is 413 g/mol. The molecule has 2 aliphatic heterocycles. The van der Waals surface area contributed by atoms with Crippen LogP contribution in [0.15, 0.2) is 47.1 Å². The summed E-state index contributed by atoms with van der Waals surface area (Å²) in [6.45, 7) is -0.276. The Morgan fingerprint density at radius 2 is 1.80 bits per heavy atom. The number of nitrogens with zero attached hydrogens (tertiary/aromatic N) is 3. The summed E-state index contributed by atoms with van der Waals surface area (Å²) >= 11 is 0. The highest BCUT2D eigenvalue weighted by Gasteiger charge is 2.45. The highest BCUT2D eigenvalue weighted by atomic mass is 16.6. The Labute approximate surface area is 171 Å². The van der Waals surface area contributed by atoms with Crippen LogP contribution in [-0.2, 0) is 20.9 Å². The Hall–Kier alpha value is -3.82. The van der Waals surface area contributed by atoms with Crippen LogP contribution >= 0.6 is 0 Å². The smallest absolute Gasteiger partial charge is 0.335 e. The SMILES string of the molecule is CN(C[C@H]1COc2ccccc2O1)C(=O)CN1C(=O)C(=O)N(Cc2ccco2)C1=O. The second kappa shape index (κ2) is 7.90. The van der Waals surface area contributed by atoms with Gasteiger partial charge >= 0.3 is 17.8 Å². The van der Waals surface area contributed by atoms with Crippen molar-refractivity contribution < 1.29 is 33.1 Å². The summed E-state index contributed by atoms with van der Waals surface area (Å²) in [5.74, 6) is -0.979. The second-order valence-corrected chi connectivity index (χ2v) is 6.92. The zero-order chi connectivity index (χ0) is 21.3. The highest BCUT2D eigenvalue weighted by Crippen LogP contribution is 2.31. The third-order valence-electron chi connectivity index (χ3n) is 4.79. The number of ether oxygens (including phenoxy) is 2. The fraction of sp³-hybridized carbons (Fsp3) is 0.300. The predicted molar refractivity (Wildman–Crippen MR) is 100 cm³/mol. The molecule has 0 N–H and O–H groups in total. The summed E-state index contributed by atoms with van der Waals surface area (Å²) < 4.78 is 16.6. The molecule has 1 fully saturated rings. The molecule has 1 atom stereocenters. The molecule has 30 heavy (non-hydrogen) atoms. The van der Waals surface area contributed by atoms with Gasteiger partial charge in [-0.15, -0.1) is 0 Å². The number of para-hydroxylation sites is 2. The first kappa shape index (κ1) is 19.5. The lowest BCUT2D eigenvalue weighted by molar-refractivity contribution is -0.145. The van der Waals surface area contributed by atoms with Crippen LogP contribution in [0.1, 0.15) is 5.76 Å². The molecule has 0 spiro atoms. The van der Waals surface area contributed by atoms with Gasteiger partial charge in [-0.25, -0.2) is 14.6 Å². The zero-order valence-corrected chi connectivity index (χ0v) is 16.1. The molecule has 2 aromatic rings. The van der Waals surface area contributed by atoms with E-state index in [0.29, 0.717) is 22.2 Å². The monoisotopic (exact) mass is 413 g/mol. The van der Waals surface area contributed by atoms with Crippen LogP contribution in [0.25, 0.3) is 0 Å². The van der Waals surface area contributed by atoms with Gasteiger partial charge < -0.3 is 18.8 Å². The molecule has 1 aromatic carbocycles. The molecule has 10 heteroatoms. The first-order valence-corrected chi connectivity index (χ1v) is 9.26. The van der Waals surface area contributed by atoms with Gasteiger partial charge in [0, 0.05) is 7.05 Å². The van der Waals surface area contributed by atoms with Crippen molar-refractivity contribution >= 4 is 23.8 Å². The van der Waals surface area contributed by atoms with Crippen LogP contribution in [0.5, 0.6) is 11.5 Å². The Morgan fingerprint density at radius 1 is 1.07 bits per heavy atom. The summed E-state index contributed by atoms with van der Waals surface area (Å²) in [6.07, 6.45) is 0.990. The lowest BCUT2D eigenvalue weighted by atomic mass is 10.2. The normalized spacial score (nSPS) is 18.2. The van der Waals surface area contributed by atoms with E-state index >= 15 is 0 Å². The number of carbonyl (C=O) groups excluding carboxylic acids is 4. The first-order chi connectivity index (χ1) is 14.4. The Kier molecular flexibility index (Phi) is 5.13. The number of fused-ring (bicyclic) bond motifs is 1. The fourth-order valence-corrected chi connectivity index (χ4v) is 3.20. The summed E-state index contributed by atoms with van der Waals surface area (Å²) in [7, 11) is 1.53. The quantitative estimate of drug-likeness (QED) is 0.510. The molecule has 0 unspecified atom stereocenters. The topological polar surface area (TPSA) is 110 Å². The molecule has 4 rings (SSSR count). The van der Waals surface area contributed by atoms with Crippen molar-refractivity contribution in [3.05, 3.63) is 48.4 Å². The van der Waals surface area contributed by atoms with E-state index < -0.39 is 36.4 Å². The van der Waals surface area contributed by atoms with Crippen molar-refractivity contribution in [1.29, 1.82) is 0 Å². The Bertz CT molecular complexity index is 988. The minimum atomic E-state index is -1.04. The van der Waals surface area contributed by atoms with E-state index in [4.69, 9.17) is 13.9 Å². The van der Waals surface area contributed by atoms with Crippen LogP contribution in [0.2, 0.25) is 0 Å². The van der Waals surface area contributed by atoms with Gasteiger partial charge in [0.25, 0.3) is 0 Å². The molecular formula is C20H19N3O7. The van der Waals surface area contributed by atoms with Gasteiger partial charge in [0.15, 0.2) is 17.6 Å². The van der Waals surface area contributed by atoms with Crippen LogP contribution in [0.3, 0.4) is 0 Å². The number of carbonyl (C=O) groups is 4. The van der Waals surface area contributed by atoms with Gasteiger partial charge in [-0.2, -0.15) is 0 Å². The maximum Gasteiger partial charge on any atom is 0.335 e. The summed E-state index contributed by atoms with van der Waals surface area (Å²) in [4.78, 5) is 52.1. The van der Waals surface area contributed by atoms with Crippen molar-refractivity contribution in [3.63, 3.8) is 0 Å². The molecule has 1 aromatic heterocycles. The standard InChI is InChI=1S/C20H19N3O7/c1-21(9-14-12-29-15-6-2-3-7-16(15)30-14)17(24)11-23-19(26)18(25)22(20(23)27)10-13-5-4-8-28-13/h2-8,14H,9-12H2,1H3/t14-/m0/s1. The largest absolute Gasteiger partial charge is 0.486 e. The molecule has 1 saturated heterocycles. The number of benzene rings is 1. The van der Waals surface area contributed by atoms with Crippen molar-refractivity contribution in [3.8, 4) is 11.5 Å². The van der Waals surface area contributed by atoms with Crippen LogP contribution in [-0.4, -0.2) is 71.3 Å². The van der Waals surface area contributed by atoms with Crippen molar-refractivity contribution in [1.82, 2.24) is 14.7 Å². The molecule has 5 amide bonds. The number of hydrogen-bond acceptors (Lipinski definition) is 7. The lowest BCUT2D eigenvalue weighted by Crippen LogP contribution is -2.46. The molecule has 3 heterocycles. The molecule has 0 radical (unpaired) electrons. The average Bonchev–Trinajstić information content (AvgIpc) is 3.33. The van der Waals surface area contributed by atoms with E-state index in [9.17, 15) is 19.2 Å². The van der Waals surface area contributed by atoms with Gasteiger partial charge in [0.2, 0.25) is 5.91 Å². The molecule has 2 aliphatic rings. The number of furan rings is 1. The molecular weight excluding hydrogens is 394 g/mol. The van der Waals surface area contributed by atoms with E-state index in [-0.39, 0.29) is 19.7 Å². The highest BCUT2D eigenvalue weighted by molar-refractivity contribution is 6.44. The number of hydrogen-bond donors (Lipinski definition) is 0. The summed E-state index contributed by atoms with van der Waals surface area (Å²) in [5, 5.41) is 0. The predicted octanol–water partition coefficient (Wildman–Crippen LogP) is 0.869. The van der Waals surface area contributed by atoms with Gasteiger partial charge in [0.1, 0.15) is 18.9 Å². The van der Waals surface area contributed by atoms with Gasteiger partial charge in [0.05, 0.1) is 19.4 Å². The number of imide groups is 2. The van der Waals surface area contributed by atoms with Crippen molar-refractivity contribution in [2.24, 2.45) is 0 Å². The maximum atomic E-state index is 12.6. The van der Waals surface area contributed by atoms with Crippen molar-refractivity contribution in [2.45, 2.75) is 12.6 Å². The Morgan fingerprint density at radius 3 is 2.53 bits per heavy atom. The molecule has 0 aliphatic carbocycles. The van der Waals surface area contributed by atoms with Crippen molar-refractivity contribution in [2.75, 3.05) is 26.7 Å². The second-order valence-electron chi connectivity index (χ2n) is 6.92. The molecule has 156 valence electrons. The van der Waals surface area contributed by atoms with Crippen LogP contribution in [0, 0.1) is 0 Å². The van der Waals surface area contributed by atoms with Gasteiger partial charge in [-0.05, 0) is 24.3 Å². The maximum absolute atomic E-state index is 12.6. The zero-order valence-electron chi connectivity index (χ0n) is 16.1. The number of urea groups is 1. The third kappa shape index (κ3) is 3.71. The molecule has 0 bridgehead atoms. The number of likely N-dealkylation sites (N-methyl/N-ethyl adjacent to an activating group) is 1. The minimum Gasteiger partial charge on any atom is -0.486 e. The van der Waals surface area contributed by atoms with E-state index in [1.165, 1.54) is 18.2 Å². The minimum absolute atomic E-state index is 0.177. The first-order valence-electron chi connectivity index (χ1n) is 9.26.